The number of ether oxygens (including phenoxy) is 2. The Hall–Kier alpha value is -0.810. The van der Waals surface area contributed by atoms with Gasteiger partial charge >= 0.3 is 0 Å². The molecule has 0 amide bonds. The van der Waals surface area contributed by atoms with E-state index in [-0.39, 0.29) is 0 Å². The molecule has 0 saturated carbocycles. The van der Waals surface area contributed by atoms with Crippen LogP contribution >= 0.6 is 31.9 Å². The van der Waals surface area contributed by atoms with Crippen LogP contribution in [-0.2, 0) is 4.74 Å². The molecule has 0 saturated heterocycles. The summed E-state index contributed by atoms with van der Waals surface area (Å²) >= 11 is 6.61. The largest absolute Gasteiger partial charge is 0.494 e. The van der Waals surface area contributed by atoms with E-state index in [0.29, 0.717) is 32.6 Å². The fourth-order valence-corrected chi connectivity index (χ4v) is 2.36. The summed E-state index contributed by atoms with van der Waals surface area (Å²) in [7, 11) is 1.55. The Morgan fingerprint density at radius 3 is 2.63 bits per heavy atom. The molecule has 0 bridgehead atoms. The SMILES string of the molecule is CCCCOc1cccc(C(OC)=C(Br)Br)c1C=O. The number of hydrogen-bond acceptors (Lipinski definition) is 3. The summed E-state index contributed by atoms with van der Waals surface area (Å²) in [6, 6.07) is 5.45. The number of rotatable bonds is 7. The maximum atomic E-state index is 11.3. The quantitative estimate of drug-likeness (QED) is 0.382. The Kier molecular flexibility index (Phi) is 7.16. The zero-order chi connectivity index (χ0) is 14.3. The van der Waals surface area contributed by atoms with E-state index in [0.717, 1.165) is 19.1 Å². The Morgan fingerprint density at radius 1 is 1.37 bits per heavy atom. The fraction of sp³-hybridized carbons (Fsp3) is 0.357. The number of unbranched alkanes of at least 4 members (excludes halogenated alkanes) is 1. The van der Waals surface area contributed by atoms with Gasteiger partial charge in [-0.05, 0) is 44.3 Å². The third-order valence-corrected chi connectivity index (χ3v) is 3.28. The van der Waals surface area contributed by atoms with Gasteiger partial charge in [-0.1, -0.05) is 25.5 Å². The third kappa shape index (κ3) is 4.35. The van der Waals surface area contributed by atoms with Gasteiger partial charge in [-0.15, -0.1) is 0 Å². The molecule has 19 heavy (non-hydrogen) atoms. The first kappa shape index (κ1) is 16.2. The topological polar surface area (TPSA) is 35.5 Å². The van der Waals surface area contributed by atoms with Crippen LogP contribution in [0, 0.1) is 0 Å². The van der Waals surface area contributed by atoms with Crippen LogP contribution in [0.15, 0.2) is 21.6 Å². The van der Waals surface area contributed by atoms with Gasteiger partial charge in [-0.25, -0.2) is 0 Å². The van der Waals surface area contributed by atoms with Crippen LogP contribution in [0.2, 0.25) is 0 Å². The van der Waals surface area contributed by atoms with E-state index in [1.54, 1.807) is 13.2 Å². The molecule has 0 radical (unpaired) electrons. The number of carbonyl (C=O) groups is 1. The maximum Gasteiger partial charge on any atom is 0.154 e. The number of halogens is 2. The Bertz CT molecular complexity index is 466. The van der Waals surface area contributed by atoms with Gasteiger partial charge < -0.3 is 9.47 Å². The maximum absolute atomic E-state index is 11.3. The van der Waals surface area contributed by atoms with Crippen molar-refractivity contribution in [1.82, 2.24) is 0 Å². The van der Waals surface area contributed by atoms with Crippen LogP contribution in [0.4, 0.5) is 0 Å². The van der Waals surface area contributed by atoms with Crippen LogP contribution in [-0.4, -0.2) is 20.0 Å². The Morgan fingerprint density at radius 2 is 2.11 bits per heavy atom. The van der Waals surface area contributed by atoms with Crippen molar-refractivity contribution < 1.29 is 14.3 Å². The molecule has 0 aliphatic rings. The van der Waals surface area contributed by atoms with Gasteiger partial charge in [-0.3, -0.25) is 4.79 Å². The molecule has 0 heterocycles. The highest BCUT2D eigenvalue weighted by atomic mass is 79.9. The van der Waals surface area contributed by atoms with E-state index in [1.807, 2.05) is 12.1 Å². The fourth-order valence-electron chi connectivity index (χ4n) is 1.60. The smallest absolute Gasteiger partial charge is 0.154 e. The minimum atomic E-state index is 0.492. The van der Waals surface area contributed by atoms with E-state index in [2.05, 4.69) is 38.8 Å². The third-order valence-electron chi connectivity index (χ3n) is 2.56. The molecule has 0 spiro atoms. The summed E-state index contributed by atoms with van der Waals surface area (Å²) in [5, 5.41) is 0. The number of carbonyl (C=O) groups excluding carboxylic acids is 1. The van der Waals surface area contributed by atoms with Gasteiger partial charge in [0.2, 0.25) is 0 Å². The molecule has 3 nitrogen and oxygen atoms in total. The highest BCUT2D eigenvalue weighted by Gasteiger charge is 2.15. The van der Waals surface area contributed by atoms with E-state index in [1.165, 1.54) is 0 Å². The normalized spacial score (nSPS) is 9.89. The molecule has 1 aromatic rings. The second-order valence-electron chi connectivity index (χ2n) is 3.83. The molecule has 0 atom stereocenters. The van der Waals surface area contributed by atoms with Crippen LogP contribution < -0.4 is 4.74 Å². The van der Waals surface area contributed by atoms with Gasteiger partial charge in [-0.2, -0.15) is 0 Å². The molecule has 0 aliphatic heterocycles. The van der Waals surface area contributed by atoms with E-state index in [4.69, 9.17) is 9.47 Å². The molecular formula is C14H16Br2O3. The summed E-state index contributed by atoms with van der Waals surface area (Å²) in [4.78, 5) is 11.3. The zero-order valence-corrected chi connectivity index (χ0v) is 14.1. The first-order valence-electron chi connectivity index (χ1n) is 5.96. The molecule has 1 rings (SSSR count). The molecule has 1 aromatic carbocycles. The Balaban J connectivity index is 3.16. The predicted octanol–water partition coefficient (Wildman–Crippen LogP) is 4.74. The molecule has 0 aromatic heterocycles. The number of methoxy groups -OCH3 is 1. The second-order valence-corrected chi connectivity index (χ2v) is 6.48. The van der Waals surface area contributed by atoms with Gasteiger partial charge in [0, 0.05) is 5.56 Å². The average molecular weight is 392 g/mol. The van der Waals surface area contributed by atoms with Crippen molar-refractivity contribution in [1.29, 1.82) is 0 Å². The van der Waals surface area contributed by atoms with Crippen molar-refractivity contribution in [2.24, 2.45) is 0 Å². The molecular weight excluding hydrogens is 376 g/mol. The molecule has 0 N–H and O–H groups in total. The van der Waals surface area contributed by atoms with Gasteiger partial charge in [0.05, 0.1) is 19.3 Å². The first-order valence-corrected chi connectivity index (χ1v) is 7.54. The lowest BCUT2D eigenvalue weighted by Gasteiger charge is -2.13. The minimum Gasteiger partial charge on any atom is -0.494 e. The molecule has 5 heteroatoms. The highest BCUT2D eigenvalue weighted by molar-refractivity contribution is 9.28. The summed E-state index contributed by atoms with van der Waals surface area (Å²) in [6.45, 7) is 2.69. The van der Waals surface area contributed by atoms with Crippen LogP contribution in [0.25, 0.3) is 5.76 Å². The summed E-state index contributed by atoms with van der Waals surface area (Å²) in [5.74, 6) is 1.14. The lowest BCUT2D eigenvalue weighted by molar-refractivity contribution is 0.111. The Labute approximate surface area is 130 Å². The zero-order valence-electron chi connectivity index (χ0n) is 10.9. The van der Waals surface area contributed by atoms with Crippen molar-refractivity contribution in [2.75, 3.05) is 13.7 Å². The summed E-state index contributed by atoms with van der Waals surface area (Å²) in [5.41, 5.74) is 1.18. The van der Waals surface area contributed by atoms with Crippen LogP contribution in [0.5, 0.6) is 5.75 Å². The van der Waals surface area contributed by atoms with Crippen molar-refractivity contribution in [2.45, 2.75) is 19.8 Å². The lowest BCUT2D eigenvalue weighted by Crippen LogP contribution is -2.03. The molecule has 0 unspecified atom stereocenters. The minimum absolute atomic E-state index is 0.492. The van der Waals surface area contributed by atoms with E-state index < -0.39 is 0 Å². The van der Waals surface area contributed by atoms with Crippen molar-refractivity contribution >= 4 is 43.9 Å². The van der Waals surface area contributed by atoms with Crippen molar-refractivity contribution in [3.05, 3.63) is 32.7 Å². The summed E-state index contributed by atoms with van der Waals surface area (Å²) < 4.78 is 11.6. The van der Waals surface area contributed by atoms with E-state index in [9.17, 15) is 4.79 Å². The van der Waals surface area contributed by atoms with Gasteiger partial charge in [0.1, 0.15) is 14.9 Å². The van der Waals surface area contributed by atoms with Crippen LogP contribution in [0.3, 0.4) is 0 Å². The van der Waals surface area contributed by atoms with Crippen molar-refractivity contribution in [3.8, 4) is 5.75 Å². The number of aldehydes is 1. The highest BCUT2D eigenvalue weighted by Crippen LogP contribution is 2.33. The number of hydrogen-bond donors (Lipinski definition) is 0. The van der Waals surface area contributed by atoms with Gasteiger partial charge in [0.15, 0.2) is 6.29 Å². The predicted molar refractivity (Wildman–Crippen MR) is 84.0 cm³/mol. The monoisotopic (exact) mass is 390 g/mol. The molecule has 104 valence electrons. The van der Waals surface area contributed by atoms with Crippen molar-refractivity contribution in [3.63, 3.8) is 0 Å². The molecule has 0 aliphatic carbocycles. The number of benzene rings is 1. The molecule has 0 fully saturated rings. The summed E-state index contributed by atoms with van der Waals surface area (Å²) in [6.07, 6.45) is 2.79. The standard InChI is InChI=1S/C14H16Br2O3/c1-3-4-8-19-12-7-5-6-10(11(12)9-17)13(18-2)14(15)16/h5-7,9H,3-4,8H2,1-2H3. The first-order chi connectivity index (χ1) is 9.15. The van der Waals surface area contributed by atoms with Crippen LogP contribution in [0.1, 0.15) is 35.7 Å². The second kappa shape index (κ2) is 8.38. The van der Waals surface area contributed by atoms with Gasteiger partial charge in [0.25, 0.3) is 0 Å². The lowest BCUT2D eigenvalue weighted by atomic mass is 10.1. The van der Waals surface area contributed by atoms with E-state index >= 15 is 0 Å². The average Bonchev–Trinajstić information content (AvgIpc) is 2.39.